The van der Waals surface area contributed by atoms with Crippen molar-refractivity contribution in [1.29, 1.82) is 0 Å². The van der Waals surface area contributed by atoms with E-state index in [0.717, 1.165) is 38.7 Å². The highest BCUT2D eigenvalue weighted by Gasteiger charge is 2.48. The molecule has 0 N–H and O–H groups in total. The summed E-state index contributed by atoms with van der Waals surface area (Å²) >= 11 is 0. The maximum atomic E-state index is 11.7. The summed E-state index contributed by atoms with van der Waals surface area (Å²) in [5.41, 5.74) is -0.0833. The molecular formula is C11H18O2. The highest BCUT2D eigenvalue weighted by molar-refractivity contribution is 5.89. The highest BCUT2D eigenvalue weighted by atomic mass is 16.5. The Hall–Kier alpha value is -0.370. The van der Waals surface area contributed by atoms with Crippen molar-refractivity contribution in [2.45, 2.75) is 51.6 Å². The molecule has 1 saturated carbocycles. The molecule has 1 spiro atoms. The Bertz CT molecular complexity index is 232. The first kappa shape index (κ1) is 9.20. The van der Waals surface area contributed by atoms with E-state index in [9.17, 15) is 4.79 Å². The molecule has 0 aromatic rings. The highest BCUT2D eigenvalue weighted by Crippen LogP contribution is 2.44. The molecule has 0 radical (unpaired) electrons. The molecule has 0 aromatic heterocycles. The second kappa shape index (κ2) is 2.81. The number of carbonyl (C=O) groups is 1. The maximum absolute atomic E-state index is 11.7. The smallest absolute Gasteiger partial charge is 0.164 e. The van der Waals surface area contributed by atoms with Crippen molar-refractivity contribution in [2.24, 2.45) is 5.41 Å². The number of hydrogen-bond donors (Lipinski definition) is 0. The van der Waals surface area contributed by atoms with Gasteiger partial charge in [-0.2, -0.15) is 0 Å². The summed E-state index contributed by atoms with van der Waals surface area (Å²) in [5.74, 6) is 0.347. The monoisotopic (exact) mass is 182 g/mol. The molecule has 13 heavy (non-hydrogen) atoms. The lowest BCUT2D eigenvalue weighted by Gasteiger charge is -2.41. The molecule has 2 fully saturated rings. The molecule has 1 heterocycles. The molecule has 0 aromatic carbocycles. The third-order valence-electron chi connectivity index (χ3n) is 3.41. The van der Waals surface area contributed by atoms with Crippen molar-refractivity contribution >= 4 is 5.78 Å². The van der Waals surface area contributed by atoms with Crippen molar-refractivity contribution in [3.05, 3.63) is 0 Å². The van der Waals surface area contributed by atoms with Crippen LogP contribution in [0.2, 0.25) is 0 Å². The summed E-state index contributed by atoms with van der Waals surface area (Å²) in [6.07, 6.45) is 4.72. The van der Waals surface area contributed by atoms with E-state index in [1.54, 1.807) is 0 Å². The minimum absolute atomic E-state index is 0.290. The fourth-order valence-electron chi connectivity index (χ4n) is 2.68. The normalized spacial score (nSPS) is 38.5. The number of ketones is 1. The molecule has 1 aliphatic heterocycles. The van der Waals surface area contributed by atoms with E-state index >= 15 is 0 Å². The van der Waals surface area contributed by atoms with Gasteiger partial charge in [0.05, 0.1) is 0 Å². The average Bonchev–Trinajstić information content (AvgIpc) is 2.31. The number of rotatable bonds is 0. The molecule has 1 saturated heterocycles. The van der Waals surface area contributed by atoms with Crippen molar-refractivity contribution in [3.63, 3.8) is 0 Å². The van der Waals surface area contributed by atoms with Crippen LogP contribution < -0.4 is 0 Å². The van der Waals surface area contributed by atoms with Crippen molar-refractivity contribution < 1.29 is 9.53 Å². The molecule has 0 bridgehead atoms. The zero-order valence-corrected chi connectivity index (χ0v) is 8.56. The van der Waals surface area contributed by atoms with Crippen LogP contribution in [0.25, 0.3) is 0 Å². The first-order chi connectivity index (χ1) is 6.04. The van der Waals surface area contributed by atoms with Crippen molar-refractivity contribution in [3.8, 4) is 0 Å². The van der Waals surface area contributed by atoms with Crippen LogP contribution in [-0.2, 0) is 9.53 Å². The Morgan fingerprint density at radius 1 is 1.31 bits per heavy atom. The minimum atomic E-state index is -0.373. The lowest BCUT2D eigenvalue weighted by Crippen LogP contribution is -2.46. The summed E-state index contributed by atoms with van der Waals surface area (Å²) in [4.78, 5) is 11.7. The van der Waals surface area contributed by atoms with Crippen molar-refractivity contribution in [1.82, 2.24) is 0 Å². The summed E-state index contributed by atoms with van der Waals surface area (Å²) < 4.78 is 5.72. The predicted molar refractivity (Wildman–Crippen MR) is 50.6 cm³/mol. The molecule has 74 valence electrons. The molecular weight excluding hydrogens is 164 g/mol. The van der Waals surface area contributed by atoms with Gasteiger partial charge in [-0.3, -0.25) is 4.79 Å². The minimum Gasteiger partial charge on any atom is -0.367 e. The molecule has 1 atom stereocenters. The van der Waals surface area contributed by atoms with E-state index in [0.29, 0.717) is 5.78 Å². The lowest BCUT2D eigenvalue weighted by atomic mass is 9.75. The van der Waals surface area contributed by atoms with Crippen LogP contribution in [0, 0.1) is 5.41 Å². The molecule has 2 heteroatoms. The first-order valence-electron chi connectivity index (χ1n) is 5.21. The summed E-state index contributed by atoms with van der Waals surface area (Å²) in [5, 5.41) is 0. The van der Waals surface area contributed by atoms with Crippen LogP contribution in [0.15, 0.2) is 0 Å². The fourth-order valence-corrected chi connectivity index (χ4v) is 2.68. The topological polar surface area (TPSA) is 26.3 Å². The van der Waals surface area contributed by atoms with Gasteiger partial charge in [0.15, 0.2) is 5.78 Å². The molecule has 0 unspecified atom stereocenters. The molecule has 0 amide bonds. The van der Waals surface area contributed by atoms with Gasteiger partial charge < -0.3 is 4.74 Å². The Kier molecular flexibility index (Phi) is 1.99. The van der Waals surface area contributed by atoms with Gasteiger partial charge in [-0.1, -0.05) is 13.8 Å². The molecule has 2 rings (SSSR count). The van der Waals surface area contributed by atoms with Gasteiger partial charge in [-0.25, -0.2) is 0 Å². The van der Waals surface area contributed by atoms with E-state index in [-0.39, 0.29) is 11.0 Å². The molecule has 1 aliphatic carbocycles. The Morgan fingerprint density at radius 2 is 2.08 bits per heavy atom. The summed E-state index contributed by atoms with van der Waals surface area (Å²) in [6, 6.07) is 0. The number of carbonyl (C=O) groups excluding carboxylic acids is 1. The summed E-state index contributed by atoms with van der Waals surface area (Å²) in [7, 11) is 0. The number of Topliss-reactive ketones (excluding diaryl/α,β-unsaturated/α-hetero) is 1. The van der Waals surface area contributed by atoms with E-state index in [4.69, 9.17) is 4.74 Å². The average molecular weight is 182 g/mol. The van der Waals surface area contributed by atoms with Crippen LogP contribution in [0.5, 0.6) is 0 Å². The van der Waals surface area contributed by atoms with Gasteiger partial charge in [-0.15, -0.1) is 0 Å². The third kappa shape index (κ3) is 1.52. The van der Waals surface area contributed by atoms with Crippen LogP contribution in [0.3, 0.4) is 0 Å². The van der Waals surface area contributed by atoms with Gasteiger partial charge in [0.25, 0.3) is 0 Å². The van der Waals surface area contributed by atoms with Crippen LogP contribution in [-0.4, -0.2) is 18.0 Å². The van der Waals surface area contributed by atoms with E-state index < -0.39 is 0 Å². The van der Waals surface area contributed by atoms with Gasteiger partial charge in [-0.05, 0) is 31.1 Å². The Balaban J connectivity index is 2.18. The quantitative estimate of drug-likeness (QED) is 0.574. The Morgan fingerprint density at radius 3 is 2.62 bits per heavy atom. The first-order valence-corrected chi connectivity index (χ1v) is 5.21. The van der Waals surface area contributed by atoms with E-state index in [1.165, 1.54) is 0 Å². The van der Waals surface area contributed by atoms with Crippen LogP contribution in [0.1, 0.15) is 46.0 Å². The lowest BCUT2D eigenvalue weighted by molar-refractivity contribution is -0.155. The standard InChI is InChI=1S/C11H18O2/c1-10(2)6-7-13-11(8-10)5-3-4-9(11)12/h3-8H2,1-2H3/t11-/m0/s1. The SMILES string of the molecule is CC1(C)CCO[C@@]2(CCCC2=O)C1. The molecule has 2 nitrogen and oxygen atoms in total. The molecule has 2 aliphatic rings. The van der Waals surface area contributed by atoms with Crippen LogP contribution in [0.4, 0.5) is 0 Å². The van der Waals surface area contributed by atoms with E-state index in [1.807, 2.05) is 0 Å². The Labute approximate surface area is 79.7 Å². The third-order valence-corrected chi connectivity index (χ3v) is 3.41. The van der Waals surface area contributed by atoms with Gasteiger partial charge in [0.1, 0.15) is 5.60 Å². The zero-order chi connectivity index (χ0) is 9.53. The van der Waals surface area contributed by atoms with Crippen molar-refractivity contribution in [2.75, 3.05) is 6.61 Å². The predicted octanol–water partition coefficient (Wildman–Crippen LogP) is 2.31. The summed E-state index contributed by atoms with van der Waals surface area (Å²) in [6.45, 7) is 5.24. The largest absolute Gasteiger partial charge is 0.367 e. The zero-order valence-electron chi connectivity index (χ0n) is 8.56. The fraction of sp³-hybridized carbons (Fsp3) is 0.909. The van der Waals surface area contributed by atoms with E-state index in [2.05, 4.69) is 13.8 Å². The van der Waals surface area contributed by atoms with Gasteiger partial charge >= 0.3 is 0 Å². The second-order valence-corrected chi connectivity index (χ2v) is 5.21. The maximum Gasteiger partial charge on any atom is 0.164 e. The van der Waals surface area contributed by atoms with Crippen LogP contribution >= 0.6 is 0 Å². The number of hydrogen-bond acceptors (Lipinski definition) is 2. The van der Waals surface area contributed by atoms with Gasteiger partial charge in [0.2, 0.25) is 0 Å². The van der Waals surface area contributed by atoms with Gasteiger partial charge in [0, 0.05) is 13.0 Å². The number of ether oxygens (including phenoxy) is 1. The second-order valence-electron chi connectivity index (χ2n) is 5.21.